The molecule has 0 aliphatic carbocycles. The maximum Gasteiger partial charge on any atom is 0.168 e. The van der Waals surface area contributed by atoms with Gasteiger partial charge in [-0.2, -0.15) is 0 Å². The van der Waals surface area contributed by atoms with Crippen LogP contribution in [0, 0.1) is 11.6 Å². The Balaban J connectivity index is 2.12. The third-order valence-corrected chi connectivity index (χ3v) is 4.15. The van der Waals surface area contributed by atoms with Gasteiger partial charge in [-0.15, -0.1) is 0 Å². The van der Waals surface area contributed by atoms with Gasteiger partial charge in [-0.25, -0.2) is 13.8 Å². The van der Waals surface area contributed by atoms with Crippen LogP contribution in [0.1, 0.15) is 10.4 Å². The lowest BCUT2D eigenvalue weighted by Gasteiger charge is -2.13. The van der Waals surface area contributed by atoms with E-state index in [1.165, 1.54) is 18.2 Å². The number of aromatic carboxylic acids is 1. The Morgan fingerprint density at radius 2 is 1.76 bits per heavy atom. The third-order valence-electron chi connectivity index (χ3n) is 4.15. The summed E-state index contributed by atoms with van der Waals surface area (Å²) in [7, 11) is 0. The number of carbonyl (C=O) groups excluding carboxylic acids is 1. The summed E-state index contributed by atoms with van der Waals surface area (Å²) in [6.07, 6.45) is 0. The number of hydrogen-bond acceptors (Lipinski definition) is 3. The van der Waals surface area contributed by atoms with E-state index in [0.29, 0.717) is 16.3 Å². The van der Waals surface area contributed by atoms with Gasteiger partial charge in [0.25, 0.3) is 0 Å². The van der Waals surface area contributed by atoms with Gasteiger partial charge in [0.1, 0.15) is 0 Å². The molecule has 25 heavy (non-hydrogen) atoms. The van der Waals surface area contributed by atoms with Crippen LogP contribution in [0.15, 0.2) is 60.7 Å². The molecule has 0 bridgehead atoms. The maximum absolute atomic E-state index is 14.1. The summed E-state index contributed by atoms with van der Waals surface area (Å²) >= 11 is 0. The van der Waals surface area contributed by atoms with Gasteiger partial charge in [0.05, 0.1) is 17.2 Å². The highest BCUT2D eigenvalue weighted by Crippen LogP contribution is 2.31. The number of pyridine rings is 1. The highest BCUT2D eigenvalue weighted by atomic mass is 19.2. The Hall–Kier alpha value is -3.34. The summed E-state index contributed by atoms with van der Waals surface area (Å²) in [5.74, 6) is -3.49. The van der Waals surface area contributed by atoms with Crippen molar-refractivity contribution in [3.63, 3.8) is 0 Å². The normalized spacial score (nSPS) is 11.1. The number of carboxylic acids is 1. The number of carboxylic acid groups (broad SMARTS) is 1. The highest BCUT2D eigenvalue weighted by molar-refractivity contribution is 6.15. The molecular formula is C20H10F2NO2-. The molecule has 1 aromatic heterocycles. The molecule has 1 heterocycles. The van der Waals surface area contributed by atoms with E-state index in [0.717, 1.165) is 11.5 Å². The Labute approximate surface area is 141 Å². The van der Waals surface area contributed by atoms with E-state index in [2.05, 4.69) is 4.98 Å². The second-order valence-corrected chi connectivity index (χ2v) is 5.62. The second-order valence-electron chi connectivity index (χ2n) is 5.62. The van der Waals surface area contributed by atoms with E-state index in [1.807, 2.05) is 12.1 Å². The minimum Gasteiger partial charge on any atom is -0.545 e. The first-order chi connectivity index (χ1) is 12.1. The van der Waals surface area contributed by atoms with E-state index < -0.39 is 17.6 Å². The molecule has 0 spiro atoms. The zero-order chi connectivity index (χ0) is 17.6. The van der Waals surface area contributed by atoms with Gasteiger partial charge in [-0.05, 0) is 35.0 Å². The van der Waals surface area contributed by atoms with Crippen LogP contribution >= 0.6 is 0 Å². The summed E-state index contributed by atoms with van der Waals surface area (Å²) < 4.78 is 27.6. The first-order valence-corrected chi connectivity index (χ1v) is 7.54. The molecule has 5 heteroatoms. The Morgan fingerprint density at radius 3 is 2.56 bits per heavy atom. The molecule has 0 unspecified atom stereocenters. The minimum absolute atomic E-state index is 0.0407. The Kier molecular flexibility index (Phi) is 3.42. The van der Waals surface area contributed by atoms with E-state index in [-0.39, 0.29) is 16.8 Å². The lowest BCUT2D eigenvalue weighted by molar-refractivity contribution is -0.254. The van der Waals surface area contributed by atoms with Crippen molar-refractivity contribution in [2.24, 2.45) is 0 Å². The van der Waals surface area contributed by atoms with Gasteiger partial charge >= 0.3 is 0 Å². The summed E-state index contributed by atoms with van der Waals surface area (Å²) in [5.41, 5.74) is 0.205. The number of benzene rings is 3. The van der Waals surface area contributed by atoms with E-state index in [9.17, 15) is 18.7 Å². The average Bonchev–Trinajstić information content (AvgIpc) is 2.62. The number of rotatable bonds is 2. The van der Waals surface area contributed by atoms with Gasteiger partial charge in [0.2, 0.25) is 0 Å². The van der Waals surface area contributed by atoms with Crippen molar-refractivity contribution in [3.8, 4) is 11.3 Å². The second kappa shape index (κ2) is 5.63. The first-order valence-electron chi connectivity index (χ1n) is 7.54. The number of fused-ring (bicyclic) bond motifs is 3. The summed E-state index contributed by atoms with van der Waals surface area (Å²) in [5, 5.41) is 13.7. The molecule has 0 saturated heterocycles. The fourth-order valence-corrected chi connectivity index (χ4v) is 3.01. The quantitative estimate of drug-likeness (QED) is 0.525. The molecule has 4 aromatic rings. The Morgan fingerprint density at radius 1 is 0.960 bits per heavy atom. The molecule has 0 N–H and O–H groups in total. The van der Waals surface area contributed by atoms with E-state index in [4.69, 9.17) is 0 Å². The van der Waals surface area contributed by atoms with Crippen molar-refractivity contribution in [1.29, 1.82) is 0 Å². The first kappa shape index (κ1) is 15.2. The lowest BCUT2D eigenvalue weighted by Crippen LogP contribution is -2.23. The fourth-order valence-electron chi connectivity index (χ4n) is 3.01. The van der Waals surface area contributed by atoms with E-state index in [1.54, 1.807) is 24.3 Å². The molecule has 0 atom stereocenters. The van der Waals surface area contributed by atoms with Crippen LogP contribution < -0.4 is 5.11 Å². The largest absolute Gasteiger partial charge is 0.545 e. The number of halogens is 2. The molecular weight excluding hydrogens is 324 g/mol. The topological polar surface area (TPSA) is 53.0 Å². The van der Waals surface area contributed by atoms with Gasteiger partial charge in [-0.1, -0.05) is 36.4 Å². The maximum atomic E-state index is 14.1. The van der Waals surface area contributed by atoms with Gasteiger partial charge in [-0.3, -0.25) is 0 Å². The predicted molar refractivity (Wildman–Crippen MR) is 88.9 cm³/mol. The van der Waals surface area contributed by atoms with Crippen LogP contribution in [-0.2, 0) is 0 Å². The van der Waals surface area contributed by atoms with Gasteiger partial charge in [0.15, 0.2) is 11.6 Å². The number of carbonyl (C=O) groups is 1. The molecule has 0 radical (unpaired) electrons. The highest BCUT2D eigenvalue weighted by Gasteiger charge is 2.15. The number of nitrogens with zero attached hydrogens (tertiary/aromatic N) is 1. The van der Waals surface area contributed by atoms with Crippen LogP contribution in [0.2, 0.25) is 0 Å². The van der Waals surface area contributed by atoms with Crippen LogP contribution in [-0.4, -0.2) is 11.0 Å². The fraction of sp³-hybridized carbons (Fsp3) is 0. The van der Waals surface area contributed by atoms with Crippen molar-refractivity contribution in [1.82, 2.24) is 4.98 Å². The molecule has 0 saturated carbocycles. The predicted octanol–water partition coefficient (Wildman–Crippen LogP) is 3.70. The summed E-state index contributed by atoms with van der Waals surface area (Å²) in [4.78, 5) is 16.0. The van der Waals surface area contributed by atoms with E-state index >= 15 is 0 Å². The monoisotopic (exact) mass is 334 g/mol. The Bertz CT molecular complexity index is 1160. The van der Waals surface area contributed by atoms with Crippen molar-refractivity contribution in [2.45, 2.75) is 0 Å². The summed E-state index contributed by atoms with van der Waals surface area (Å²) in [6.45, 7) is 0. The molecule has 0 aliphatic heterocycles. The van der Waals surface area contributed by atoms with Crippen LogP contribution in [0.3, 0.4) is 0 Å². The number of hydrogen-bond donors (Lipinski definition) is 0. The van der Waals surface area contributed by atoms with Gasteiger partial charge < -0.3 is 9.90 Å². The van der Waals surface area contributed by atoms with Crippen LogP contribution in [0.5, 0.6) is 0 Å². The third kappa shape index (κ3) is 2.41. The zero-order valence-corrected chi connectivity index (χ0v) is 12.8. The van der Waals surface area contributed by atoms with Crippen molar-refractivity contribution in [3.05, 3.63) is 77.9 Å². The standard InChI is InChI=1S/C20H11F2NO2/c21-15-7-3-6-13(19(15)22)17-10-14(20(24)25)18-12-5-2-1-4-11(12)8-9-16(18)23-17/h1-10H,(H,24,25)/p-1. The lowest BCUT2D eigenvalue weighted by atomic mass is 9.98. The van der Waals surface area contributed by atoms with Crippen LogP contribution in [0.4, 0.5) is 8.78 Å². The molecule has 3 nitrogen and oxygen atoms in total. The average molecular weight is 334 g/mol. The van der Waals surface area contributed by atoms with Crippen LogP contribution in [0.25, 0.3) is 32.9 Å². The molecule has 0 aliphatic rings. The molecule has 0 fully saturated rings. The number of aromatic nitrogens is 1. The van der Waals surface area contributed by atoms with Crippen molar-refractivity contribution < 1.29 is 18.7 Å². The minimum atomic E-state index is -1.40. The van der Waals surface area contributed by atoms with Crippen molar-refractivity contribution in [2.75, 3.05) is 0 Å². The molecule has 122 valence electrons. The molecule has 0 amide bonds. The molecule has 4 rings (SSSR count). The molecule has 3 aromatic carbocycles. The van der Waals surface area contributed by atoms with Gasteiger partial charge in [0, 0.05) is 16.5 Å². The zero-order valence-electron chi connectivity index (χ0n) is 12.8. The van der Waals surface area contributed by atoms with Crippen molar-refractivity contribution >= 4 is 27.6 Å². The SMILES string of the molecule is O=C([O-])c1cc(-c2cccc(F)c2F)nc2ccc3ccccc3c12. The smallest absolute Gasteiger partial charge is 0.168 e. The summed E-state index contributed by atoms with van der Waals surface area (Å²) in [6, 6.07) is 15.7.